The molecule has 49 valence electrons. The number of rotatable bonds is 1. The van der Waals surface area contributed by atoms with Crippen LogP contribution in [0.3, 0.4) is 0 Å². The Hall–Kier alpha value is -1.11. The highest BCUT2D eigenvalue weighted by atomic mass is 19.3. The lowest BCUT2D eigenvalue weighted by atomic mass is 10.6. The summed E-state index contributed by atoms with van der Waals surface area (Å²) in [5.41, 5.74) is 0. The van der Waals surface area contributed by atoms with Crippen LogP contribution < -0.4 is 0 Å². The quantitative estimate of drug-likeness (QED) is 0.573. The van der Waals surface area contributed by atoms with Gasteiger partial charge in [0.15, 0.2) is 0 Å². The number of hydrogen-bond acceptors (Lipinski definition) is 3. The van der Waals surface area contributed by atoms with E-state index in [1.54, 1.807) is 5.21 Å². The molecule has 0 saturated heterocycles. The smallest absolute Gasteiger partial charge is 0.177 e. The van der Waals surface area contributed by atoms with Crippen LogP contribution in [0, 0.1) is 0 Å². The molecule has 9 heavy (non-hydrogen) atoms. The van der Waals surface area contributed by atoms with Crippen molar-refractivity contribution in [2.24, 2.45) is 0 Å². The Morgan fingerprint density at radius 1 is 1.56 bits per heavy atom. The van der Waals surface area contributed by atoms with Gasteiger partial charge in [0, 0.05) is 0 Å². The van der Waals surface area contributed by atoms with Gasteiger partial charge in [0.25, 0.3) is 5.82 Å². The third-order valence-corrected chi connectivity index (χ3v) is 0.606. The van der Waals surface area contributed by atoms with Crippen molar-refractivity contribution in [3.05, 3.63) is 5.82 Å². The summed E-state index contributed by atoms with van der Waals surface area (Å²) < 4.78 is 23.1. The molecular weight excluding hydrogens is 134 g/mol. The van der Waals surface area contributed by atoms with Crippen molar-refractivity contribution in [3.63, 3.8) is 0 Å². The first-order valence-corrected chi connectivity index (χ1v) is 1.93. The van der Waals surface area contributed by atoms with Gasteiger partial charge in [-0.2, -0.15) is 14.0 Å². The summed E-state index contributed by atoms with van der Waals surface area (Å²) in [7, 11) is 0. The zero-order chi connectivity index (χ0) is 6.91. The standard InChI is InChI=1S/C2HF2N4O/c3-2(4,9)1-5-7-8-6-1/h(H,5,6,7,8). The highest BCUT2D eigenvalue weighted by molar-refractivity contribution is 4.80. The second-order valence-electron chi connectivity index (χ2n) is 1.25. The zero-order valence-corrected chi connectivity index (χ0v) is 4.01. The first kappa shape index (κ1) is 6.02. The topological polar surface area (TPSA) is 74.4 Å². The molecule has 1 N–H and O–H groups in total. The Bertz CT molecular complexity index is 179. The molecule has 1 aromatic heterocycles. The third kappa shape index (κ3) is 1.17. The fourth-order valence-electron chi connectivity index (χ4n) is 0.285. The summed E-state index contributed by atoms with van der Waals surface area (Å²) in [6.45, 7) is 0. The molecule has 0 aliphatic carbocycles. The summed E-state index contributed by atoms with van der Waals surface area (Å²) in [5, 5.41) is 19.7. The van der Waals surface area contributed by atoms with Gasteiger partial charge in [-0.1, -0.05) is 0 Å². The van der Waals surface area contributed by atoms with Gasteiger partial charge in [-0.15, -0.1) is 15.3 Å². The Labute approximate surface area is 47.7 Å². The van der Waals surface area contributed by atoms with Crippen LogP contribution in [0.4, 0.5) is 8.78 Å². The monoisotopic (exact) mass is 135 g/mol. The molecule has 0 bridgehead atoms. The first-order chi connectivity index (χ1) is 4.11. The minimum Gasteiger partial charge on any atom is -0.177 e. The molecule has 0 saturated carbocycles. The van der Waals surface area contributed by atoms with E-state index in [-0.39, 0.29) is 0 Å². The van der Waals surface area contributed by atoms with E-state index in [4.69, 9.17) is 0 Å². The van der Waals surface area contributed by atoms with E-state index in [1.165, 1.54) is 0 Å². The molecule has 0 aliphatic heterocycles. The molecule has 0 atom stereocenters. The number of hydrogen-bond donors (Lipinski definition) is 1. The summed E-state index contributed by atoms with van der Waals surface area (Å²) in [5.74, 6) is -1.14. The van der Waals surface area contributed by atoms with Crippen LogP contribution in [0.5, 0.6) is 0 Å². The van der Waals surface area contributed by atoms with Crippen LogP contribution in [0.15, 0.2) is 0 Å². The summed E-state index contributed by atoms with van der Waals surface area (Å²) >= 11 is 0. The molecule has 0 aromatic carbocycles. The first-order valence-electron chi connectivity index (χ1n) is 1.93. The van der Waals surface area contributed by atoms with Crippen LogP contribution in [0.1, 0.15) is 5.82 Å². The van der Waals surface area contributed by atoms with Crippen LogP contribution >= 0.6 is 0 Å². The van der Waals surface area contributed by atoms with Crippen molar-refractivity contribution in [1.29, 1.82) is 0 Å². The summed E-state index contributed by atoms with van der Waals surface area (Å²) in [4.78, 5) is 0. The second-order valence-corrected chi connectivity index (χ2v) is 1.25. The predicted octanol–water partition coefficient (Wildman–Crippen LogP) is -0.321. The molecular formula is C2HF2N4O. The zero-order valence-electron chi connectivity index (χ0n) is 4.01. The summed E-state index contributed by atoms with van der Waals surface area (Å²) in [6.07, 6.45) is -4.24. The molecule has 5 nitrogen and oxygen atoms in total. The minimum atomic E-state index is -4.24. The van der Waals surface area contributed by atoms with Crippen LogP contribution in [-0.2, 0) is 11.2 Å². The SMILES string of the molecule is [O]C(F)(F)c1nn[nH]n1. The molecule has 1 heterocycles. The molecule has 0 spiro atoms. The van der Waals surface area contributed by atoms with E-state index in [0.29, 0.717) is 0 Å². The second kappa shape index (κ2) is 1.69. The van der Waals surface area contributed by atoms with Gasteiger partial charge >= 0.3 is 6.11 Å². The van der Waals surface area contributed by atoms with Gasteiger partial charge in [0.1, 0.15) is 0 Å². The molecule has 0 amide bonds. The van der Waals surface area contributed by atoms with Crippen molar-refractivity contribution in [2.75, 3.05) is 0 Å². The Morgan fingerprint density at radius 3 is 2.44 bits per heavy atom. The molecule has 0 unspecified atom stereocenters. The number of alkyl halides is 2. The maximum atomic E-state index is 11.5. The normalized spacial score (nSPS) is 11.9. The largest absolute Gasteiger partial charge is 0.447 e. The Kier molecular flexibility index (Phi) is 1.13. The van der Waals surface area contributed by atoms with Crippen LogP contribution in [0.25, 0.3) is 0 Å². The van der Waals surface area contributed by atoms with Gasteiger partial charge < -0.3 is 0 Å². The van der Waals surface area contributed by atoms with Crippen molar-refractivity contribution >= 4 is 0 Å². The molecule has 0 aliphatic rings. The molecule has 1 rings (SSSR count). The maximum absolute atomic E-state index is 11.5. The lowest BCUT2D eigenvalue weighted by molar-refractivity contribution is -0.258. The minimum absolute atomic E-state index is 1.14. The average molecular weight is 135 g/mol. The van der Waals surface area contributed by atoms with E-state index in [1.807, 2.05) is 0 Å². The van der Waals surface area contributed by atoms with E-state index >= 15 is 0 Å². The van der Waals surface area contributed by atoms with E-state index in [2.05, 4.69) is 15.4 Å². The highest BCUT2D eigenvalue weighted by Gasteiger charge is 2.35. The number of aromatic nitrogens is 4. The van der Waals surface area contributed by atoms with Gasteiger partial charge in [-0.3, -0.25) is 0 Å². The third-order valence-electron chi connectivity index (χ3n) is 0.606. The molecule has 7 heteroatoms. The number of aromatic amines is 1. The summed E-state index contributed by atoms with van der Waals surface area (Å²) in [6, 6.07) is 0. The van der Waals surface area contributed by atoms with Crippen molar-refractivity contribution in [3.8, 4) is 0 Å². The van der Waals surface area contributed by atoms with Gasteiger partial charge in [-0.25, -0.2) is 0 Å². The van der Waals surface area contributed by atoms with Gasteiger partial charge in [0.2, 0.25) is 0 Å². The fraction of sp³-hybridized carbons (Fsp3) is 0.500. The van der Waals surface area contributed by atoms with Gasteiger partial charge in [0.05, 0.1) is 0 Å². The molecule has 1 radical (unpaired) electrons. The fourth-order valence-corrected chi connectivity index (χ4v) is 0.285. The predicted molar refractivity (Wildman–Crippen MR) is 18.8 cm³/mol. The number of H-pyrrole nitrogens is 1. The lowest BCUT2D eigenvalue weighted by Crippen LogP contribution is -2.11. The van der Waals surface area contributed by atoms with Crippen LogP contribution in [-0.4, -0.2) is 20.6 Å². The van der Waals surface area contributed by atoms with E-state index in [9.17, 15) is 13.9 Å². The average Bonchev–Trinajstić information content (AvgIpc) is 2.08. The van der Waals surface area contributed by atoms with Gasteiger partial charge in [-0.05, 0) is 5.21 Å². The van der Waals surface area contributed by atoms with Crippen molar-refractivity contribution < 1.29 is 13.9 Å². The highest BCUT2D eigenvalue weighted by Crippen LogP contribution is 2.18. The van der Waals surface area contributed by atoms with Crippen molar-refractivity contribution in [2.45, 2.75) is 6.11 Å². The number of tetrazole rings is 1. The Morgan fingerprint density at radius 2 is 2.22 bits per heavy atom. The van der Waals surface area contributed by atoms with Crippen molar-refractivity contribution in [1.82, 2.24) is 20.6 Å². The maximum Gasteiger partial charge on any atom is 0.447 e. The van der Waals surface area contributed by atoms with E-state index in [0.717, 1.165) is 0 Å². The van der Waals surface area contributed by atoms with E-state index < -0.39 is 11.9 Å². The number of nitrogens with zero attached hydrogens (tertiary/aromatic N) is 3. The molecule has 1 aromatic rings. The number of nitrogens with one attached hydrogen (secondary N) is 1. The number of halogens is 2. The molecule has 0 fully saturated rings. The lowest BCUT2D eigenvalue weighted by Gasteiger charge is -1.95. The van der Waals surface area contributed by atoms with Crippen LogP contribution in [0.2, 0.25) is 0 Å². The Balaban J connectivity index is 2.90.